The molecule has 1 N–H and O–H groups in total. The summed E-state index contributed by atoms with van der Waals surface area (Å²) in [4.78, 5) is 12.1. The molecule has 2 aromatic carbocycles. The predicted molar refractivity (Wildman–Crippen MR) is 86.4 cm³/mol. The van der Waals surface area contributed by atoms with Crippen molar-refractivity contribution in [3.05, 3.63) is 58.1 Å². The van der Waals surface area contributed by atoms with Crippen LogP contribution in [0.3, 0.4) is 0 Å². The van der Waals surface area contributed by atoms with Gasteiger partial charge in [-0.2, -0.15) is 0 Å². The van der Waals surface area contributed by atoms with Gasteiger partial charge in [0.1, 0.15) is 5.75 Å². The molecule has 110 valence electrons. The molecule has 3 nitrogen and oxygen atoms in total. The minimum atomic E-state index is -0.635. The quantitative estimate of drug-likeness (QED) is 0.885. The SMILES string of the molecule is Cc1ccccc1OC(C)C(=O)Nc1cc(Cl)cc(Cl)c1. The van der Waals surface area contributed by atoms with Crippen LogP contribution in [0.2, 0.25) is 10.0 Å². The average Bonchev–Trinajstić information content (AvgIpc) is 2.40. The van der Waals surface area contributed by atoms with Gasteiger partial charge in [0.15, 0.2) is 6.10 Å². The van der Waals surface area contributed by atoms with Gasteiger partial charge in [-0.15, -0.1) is 0 Å². The van der Waals surface area contributed by atoms with E-state index in [1.165, 1.54) is 0 Å². The van der Waals surface area contributed by atoms with Crippen molar-refractivity contribution in [3.8, 4) is 5.75 Å². The molecule has 5 heteroatoms. The molecule has 0 aliphatic heterocycles. The highest BCUT2D eigenvalue weighted by molar-refractivity contribution is 6.35. The summed E-state index contributed by atoms with van der Waals surface area (Å²) in [5.41, 5.74) is 1.51. The van der Waals surface area contributed by atoms with E-state index in [2.05, 4.69) is 5.32 Å². The molecule has 0 radical (unpaired) electrons. The first-order chi connectivity index (χ1) is 9.95. The number of para-hydroxylation sites is 1. The Morgan fingerprint density at radius 2 is 1.76 bits per heavy atom. The molecule has 2 rings (SSSR count). The van der Waals surface area contributed by atoms with Crippen molar-refractivity contribution in [2.75, 3.05) is 5.32 Å². The normalized spacial score (nSPS) is 11.8. The number of hydrogen-bond acceptors (Lipinski definition) is 2. The maximum absolute atomic E-state index is 12.1. The number of rotatable bonds is 4. The Hall–Kier alpha value is -1.71. The van der Waals surface area contributed by atoms with Gasteiger partial charge < -0.3 is 10.1 Å². The molecule has 0 saturated carbocycles. The molecule has 1 unspecified atom stereocenters. The highest BCUT2D eigenvalue weighted by atomic mass is 35.5. The van der Waals surface area contributed by atoms with Crippen molar-refractivity contribution in [1.82, 2.24) is 0 Å². The lowest BCUT2D eigenvalue weighted by molar-refractivity contribution is -0.122. The van der Waals surface area contributed by atoms with Crippen LogP contribution in [0.25, 0.3) is 0 Å². The van der Waals surface area contributed by atoms with Gasteiger partial charge >= 0.3 is 0 Å². The van der Waals surface area contributed by atoms with Gasteiger partial charge in [0.25, 0.3) is 5.91 Å². The van der Waals surface area contributed by atoms with Gasteiger partial charge in [0.05, 0.1) is 0 Å². The second kappa shape index (κ2) is 6.83. The Kier molecular flexibility index (Phi) is 5.10. The fourth-order valence-electron chi connectivity index (χ4n) is 1.80. The second-order valence-corrected chi connectivity index (χ2v) is 5.55. The van der Waals surface area contributed by atoms with E-state index in [9.17, 15) is 4.79 Å². The summed E-state index contributed by atoms with van der Waals surface area (Å²) in [6.07, 6.45) is -0.635. The number of nitrogens with one attached hydrogen (secondary N) is 1. The average molecular weight is 324 g/mol. The van der Waals surface area contributed by atoms with Crippen molar-refractivity contribution in [2.45, 2.75) is 20.0 Å². The highest BCUT2D eigenvalue weighted by Crippen LogP contribution is 2.23. The van der Waals surface area contributed by atoms with Crippen LogP contribution >= 0.6 is 23.2 Å². The molecule has 0 saturated heterocycles. The number of anilines is 1. The van der Waals surface area contributed by atoms with Gasteiger partial charge in [-0.3, -0.25) is 4.79 Å². The highest BCUT2D eigenvalue weighted by Gasteiger charge is 2.16. The van der Waals surface area contributed by atoms with E-state index in [1.54, 1.807) is 25.1 Å². The standard InChI is InChI=1S/C16H15Cl2NO2/c1-10-5-3-4-6-15(10)21-11(2)16(20)19-14-8-12(17)7-13(18)9-14/h3-9,11H,1-2H3,(H,19,20). The van der Waals surface area contributed by atoms with E-state index in [-0.39, 0.29) is 5.91 Å². The van der Waals surface area contributed by atoms with Crippen LogP contribution in [0, 0.1) is 6.92 Å². The molecular formula is C16H15Cl2NO2. The number of amides is 1. The van der Waals surface area contributed by atoms with Crippen LogP contribution in [0.4, 0.5) is 5.69 Å². The number of hydrogen-bond donors (Lipinski definition) is 1. The summed E-state index contributed by atoms with van der Waals surface area (Å²) in [6.45, 7) is 3.62. The number of aryl methyl sites for hydroxylation is 1. The molecule has 0 heterocycles. The Morgan fingerprint density at radius 3 is 2.38 bits per heavy atom. The smallest absolute Gasteiger partial charge is 0.265 e. The van der Waals surface area contributed by atoms with Crippen LogP contribution in [-0.2, 0) is 4.79 Å². The zero-order chi connectivity index (χ0) is 15.4. The van der Waals surface area contributed by atoms with Crippen molar-refractivity contribution in [2.24, 2.45) is 0 Å². The zero-order valence-corrected chi connectivity index (χ0v) is 13.2. The first-order valence-electron chi connectivity index (χ1n) is 6.45. The molecule has 21 heavy (non-hydrogen) atoms. The minimum Gasteiger partial charge on any atom is -0.481 e. The largest absolute Gasteiger partial charge is 0.481 e. The first kappa shape index (κ1) is 15.7. The molecule has 1 amide bonds. The van der Waals surface area contributed by atoms with Crippen molar-refractivity contribution < 1.29 is 9.53 Å². The first-order valence-corrected chi connectivity index (χ1v) is 7.20. The van der Waals surface area contributed by atoms with Crippen LogP contribution in [0.15, 0.2) is 42.5 Å². The van der Waals surface area contributed by atoms with Crippen molar-refractivity contribution >= 4 is 34.8 Å². The lowest BCUT2D eigenvalue weighted by atomic mass is 10.2. The van der Waals surface area contributed by atoms with E-state index < -0.39 is 6.10 Å². The lowest BCUT2D eigenvalue weighted by Gasteiger charge is -2.16. The number of halogens is 2. The summed E-state index contributed by atoms with van der Waals surface area (Å²) in [5, 5.41) is 3.66. The summed E-state index contributed by atoms with van der Waals surface area (Å²) < 4.78 is 5.66. The third kappa shape index (κ3) is 4.38. The molecular weight excluding hydrogens is 309 g/mol. The maximum atomic E-state index is 12.1. The summed E-state index contributed by atoms with van der Waals surface area (Å²) in [7, 11) is 0. The molecule has 0 spiro atoms. The fourth-order valence-corrected chi connectivity index (χ4v) is 2.33. The summed E-state index contributed by atoms with van der Waals surface area (Å²) in [6, 6.07) is 12.4. The van der Waals surface area contributed by atoms with E-state index in [0.29, 0.717) is 21.5 Å². The van der Waals surface area contributed by atoms with Crippen LogP contribution in [-0.4, -0.2) is 12.0 Å². The predicted octanol–water partition coefficient (Wildman–Crippen LogP) is 4.71. The molecule has 0 aliphatic carbocycles. The number of carbonyl (C=O) groups excluding carboxylic acids is 1. The van der Waals surface area contributed by atoms with Crippen molar-refractivity contribution in [1.29, 1.82) is 0 Å². The van der Waals surface area contributed by atoms with E-state index in [4.69, 9.17) is 27.9 Å². The summed E-state index contributed by atoms with van der Waals surface area (Å²) >= 11 is 11.8. The van der Waals surface area contributed by atoms with Gasteiger partial charge in [-0.1, -0.05) is 41.4 Å². The molecule has 0 aliphatic rings. The van der Waals surface area contributed by atoms with Crippen LogP contribution in [0.5, 0.6) is 5.75 Å². The Labute approximate surface area is 133 Å². The topological polar surface area (TPSA) is 38.3 Å². The third-order valence-electron chi connectivity index (χ3n) is 2.90. The molecule has 0 aromatic heterocycles. The Balaban J connectivity index is 2.04. The second-order valence-electron chi connectivity index (χ2n) is 4.67. The zero-order valence-electron chi connectivity index (χ0n) is 11.7. The maximum Gasteiger partial charge on any atom is 0.265 e. The van der Waals surface area contributed by atoms with Crippen LogP contribution < -0.4 is 10.1 Å². The van der Waals surface area contributed by atoms with Gasteiger partial charge in [0.2, 0.25) is 0 Å². The van der Waals surface area contributed by atoms with E-state index >= 15 is 0 Å². The van der Waals surface area contributed by atoms with E-state index in [1.807, 2.05) is 31.2 Å². The molecule has 1 atom stereocenters. The molecule has 0 fully saturated rings. The van der Waals surface area contributed by atoms with Crippen LogP contribution in [0.1, 0.15) is 12.5 Å². The number of benzene rings is 2. The van der Waals surface area contributed by atoms with E-state index in [0.717, 1.165) is 5.56 Å². The fraction of sp³-hybridized carbons (Fsp3) is 0.188. The van der Waals surface area contributed by atoms with Gasteiger partial charge in [-0.25, -0.2) is 0 Å². The molecule has 0 bridgehead atoms. The summed E-state index contributed by atoms with van der Waals surface area (Å²) in [5.74, 6) is 0.417. The number of ether oxygens (including phenoxy) is 1. The third-order valence-corrected chi connectivity index (χ3v) is 3.33. The van der Waals surface area contributed by atoms with Gasteiger partial charge in [-0.05, 0) is 43.7 Å². The minimum absolute atomic E-state index is 0.267. The number of carbonyl (C=O) groups is 1. The Bertz CT molecular complexity index is 638. The van der Waals surface area contributed by atoms with Gasteiger partial charge in [0, 0.05) is 15.7 Å². The van der Waals surface area contributed by atoms with Crippen molar-refractivity contribution in [3.63, 3.8) is 0 Å². The Morgan fingerprint density at radius 1 is 1.14 bits per heavy atom. The monoisotopic (exact) mass is 323 g/mol. The lowest BCUT2D eigenvalue weighted by Crippen LogP contribution is -2.30. The molecule has 2 aromatic rings.